The highest BCUT2D eigenvalue weighted by Gasteiger charge is 2.26. The quantitative estimate of drug-likeness (QED) is 0.651. The lowest BCUT2D eigenvalue weighted by Crippen LogP contribution is -2.44. The Balaban J connectivity index is 2.49. The number of carbonyl (C=O) groups is 1. The average molecular weight is 308 g/mol. The zero-order chi connectivity index (χ0) is 16.3. The number of nitro benzene ring substituents is 1. The van der Waals surface area contributed by atoms with Gasteiger partial charge in [-0.2, -0.15) is 0 Å². The summed E-state index contributed by atoms with van der Waals surface area (Å²) in [5.41, 5.74) is 0.643. The van der Waals surface area contributed by atoms with E-state index in [1.807, 2.05) is 11.9 Å². The monoisotopic (exact) mass is 308 g/mol. The van der Waals surface area contributed by atoms with Crippen molar-refractivity contribution in [1.29, 1.82) is 0 Å². The number of rotatable bonds is 4. The number of likely N-dealkylation sites (N-methyl/N-ethyl adjacent to an activating group) is 1. The number of anilines is 1. The molecule has 22 heavy (non-hydrogen) atoms. The lowest BCUT2D eigenvalue weighted by molar-refractivity contribution is -0.385. The third kappa shape index (κ3) is 3.11. The molecule has 1 N–H and O–H groups in total. The van der Waals surface area contributed by atoms with E-state index in [1.165, 1.54) is 20.2 Å². The maximum Gasteiger partial charge on any atom is 0.313 e. The normalized spacial score (nSPS) is 15.5. The van der Waals surface area contributed by atoms with E-state index in [2.05, 4.69) is 10.2 Å². The molecular weight excluding hydrogens is 288 g/mol. The van der Waals surface area contributed by atoms with Crippen molar-refractivity contribution in [2.45, 2.75) is 0 Å². The van der Waals surface area contributed by atoms with Crippen LogP contribution in [0.1, 0.15) is 10.4 Å². The molecule has 1 amide bonds. The van der Waals surface area contributed by atoms with Gasteiger partial charge in [0.25, 0.3) is 5.91 Å². The summed E-state index contributed by atoms with van der Waals surface area (Å²) in [6, 6.07) is 3.12. The topological polar surface area (TPSA) is 88.0 Å². The molecule has 0 aliphatic carbocycles. The second-order valence-electron chi connectivity index (χ2n) is 5.17. The van der Waals surface area contributed by atoms with Crippen LogP contribution in [0.5, 0.6) is 5.75 Å². The molecule has 2 rings (SSSR count). The molecule has 120 valence electrons. The van der Waals surface area contributed by atoms with Crippen LogP contribution in [0.4, 0.5) is 11.4 Å². The van der Waals surface area contributed by atoms with Gasteiger partial charge >= 0.3 is 5.69 Å². The summed E-state index contributed by atoms with van der Waals surface area (Å²) in [7, 11) is 4.84. The maximum absolute atomic E-state index is 12.0. The highest BCUT2D eigenvalue weighted by molar-refractivity contribution is 5.99. The molecule has 0 saturated carbocycles. The second kappa shape index (κ2) is 6.61. The summed E-state index contributed by atoms with van der Waals surface area (Å²) in [6.45, 7) is 3.25. The number of nitro groups is 1. The first kappa shape index (κ1) is 16.0. The van der Waals surface area contributed by atoms with Crippen molar-refractivity contribution in [2.24, 2.45) is 0 Å². The van der Waals surface area contributed by atoms with E-state index >= 15 is 0 Å². The summed E-state index contributed by atoms with van der Waals surface area (Å²) in [4.78, 5) is 27.0. The lowest BCUT2D eigenvalue weighted by atomic mass is 10.1. The number of ether oxygens (including phenoxy) is 1. The Labute approximate surface area is 128 Å². The molecule has 0 aromatic heterocycles. The van der Waals surface area contributed by atoms with E-state index in [0.717, 1.165) is 26.2 Å². The van der Waals surface area contributed by atoms with Crippen LogP contribution < -0.4 is 15.0 Å². The van der Waals surface area contributed by atoms with Crippen molar-refractivity contribution in [3.63, 3.8) is 0 Å². The number of nitrogens with one attached hydrogen (secondary N) is 1. The molecule has 8 nitrogen and oxygen atoms in total. The van der Waals surface area contributed by atoms with E-state index in [1.54, 1.807) is 6.07 Å². The van der Waals surface area contributed by atoms with E-state index in [-0.39, 0.29) is 17.0 Å². The molecule has 1 aliphatic rings. The third-order valence-electron chi connectivity index (χ3n) is 3.80. The van der Waals surface area contributed by atoms with Crippen LogP contribution in [-0.2, 0) is 0 Å². The highest BCUT2D eigenvalue weighted by atomic mass is 16.6. The number of hydrogen-bond donors (Lipinski definition) is 1. The predicted octanol–water partition coefficient (Wildman–Crippen LogP) is 0.715. The number of nitrogens with zero attached hydrogens (tertiary/aromatic N) is 3. The van der Waals surface area contributed by atoms with Gasteiger partial charge < -0.3 is 19.9 Å². The summed E-state index contributed by atoms with van der Waals surface area (Å²) < 4.78 is 5.09. The zero-order valence-electron chi connectivity index (χ0n) is 13.0. The van der Waals surface area contributed by atoms with Crippen LogP contribution in [0.2, 0.25) is 0 Å². The van der Waals surface area contributed by atoms with Gasteiger partial charge in [-0.1, -0.05) is 0 Å². The van der Waals surface area contributed by atoms with Gasteiger partial charge in [-0.25, -0.2) is 0 Å². The Kier molecular flexibility index (Phi) is 4.81. The molecule has 0 bridgehead atoms. The van der Waals surface area contributed by atoms with Gasteiger partial charge in [0.15, 0.2) is 0 Å². The SMILES string of the molecule is CNC(=O)c1cc(N2CCN(C)CC2)cc([N+](=O)[O-])c1OC. The molecule has 0 unspecified atom stereocenters. The number of amides is 1. The highest BCUT2D eigenvalue weighted by Crippen LogP contribution is 2.36. The van der Waals surface area contributed by atoms with Crippen LogP contribution in [0.3, 0.4) is 0 Å². The number of benzene rings is 1. The lowest BCUT2D eigenvalue weighted by Gasteiger charge is -2.34. The summed E-state index contributed by atoms with van der Waals surface area (Å²) >= 11 is 0. The van der Waals surface area contributed by atoms with E-state index < -0.39 is 10.8 Å². The van der Waals surface area contributed by atoms with Crippen LogP contribution in [0.15, 0.2) is 12.1 Å². The predicted molar refractivity (Wildman–Crippen MR) is 82.7 cm³/mol. The van der Waals surface area contributed by atoms with Crippen molar-refractivity contribution in [1.82, 2.24) is 10.2 Å². The summed E-state index contributed by atoms with van der Waals surface area (Å²) in [6.07, 6.45) is 0. The first-order valence-electron chi connectivity index (χ1n) is 7.00. The molecule has 1 saturated heterocycles. The Morgan fingerprint density at radius 1 is 1.32 bits per heavy atom. The average Bonchev–Trinajstić information content (AvgIpc) is 2.53. The Hall–Kier alpha value is -2.35. The minimum Gasteiger partial charge on any atom is -0.490 e. The van der Waals surface area contributed by atoms with Gasteiger partial charge in [-0.15, -0.1) is 0 Å². The van der Waals surface area contributed by atoms with Crippen molar-refractivity contribution < 1.29 is 14.5 Å². The maximum atomic E-state index is 12.0. The largest absolute Gasteiger partial charge is 0.490 e. The number of carbonyl (C=O) groups excluding carboxylic acids is 1. The fraction of sp³-hybridized carbons (Fsp3) is 0.500. The Bertz CT molecular complexity index is 582. The number of piperazine rings is 1. The molecule has 1 heterocycles. The van der Waals surface area contributed by atoms with Crippen molar-refractivity contribution in [2.75, 3.05) is 52.3 Å². The van der Waals surface area contributed by atoms with Crippen LogP contribution >= 0.6 is 0 Å². The van der Waals surface area contributed by atoms with E-state index in [9.17, 15) is 14.9 Å². The van der Waals surface area contributed by atoms with Gasteiger partial charge in [0.05, 0.1) is 17.6 Å². The minimum absolute atomic E-state index is 0.0118. The van der Waals surface area contributed by atoms with Gasteiger partial charge in [0.1, 0.15) is 0 Å². The Morgan fingerprint density at radius 3 is 2.45 bits per heavy atom. The molecule has 8 heteroatoms. The molecule has 0 radical (unpaired) electrons. The van der Waals surface area contributed by atoms with Crippen LogP contribution in [0, 0.1) is 10.1 Å². The Morgan fingerprint density at radius 2 is 1.95 bits per heavy atom. The zero-order valence-corrected chi connectivity index (χ0v) is 13.0. The first-order valence-corrected chi connectivity index (χ1v) is 7.00. The fourth-order valence-corrected chi connectivity index (χ4v) is 2.50. The van der Waals surface area contributed by atoms with Gasteiger partial charge in [0.2, 0.25) is 5.75 Å². The van der Waals surface area contributed by atoms with Gasteiger partial charge in [0, 0.05) is 45.0 Å². The molecular formula is C14H20N4O4. The molecule has 1 aliphatic heterocycles. The number of methoxy groups -OCH3 is 1. The molecule has 1 fully saturated rings. The first-order chi connectivity index (χ1) is 10.5. The molecule has 0 atom stereocenters. The second-order valence-corrected chi connectivity index (χ2v) is 5.17. The summed E-state index contributed by atoms with van der Waals surface area (Å²) in [5.74, 6) is -0.418. The molecule has 0 spiro atoms. The van der Waals surface area contributed by atoms with Crippen LogP contribution in [-0.4, -0.2) is 63.1 Å². The van der Waals surface area contributed by atoms with E-state index in [4.69, 9.17) is 4.74 Å². The van der Waals surface area contributed by atoms with Crippen molar-refractivity contribution in [3.8, 4) is 5.75 Å². The third-order valence-corrected chi connectivity index (χ3v) is 3.80. The van der Waals surface area contributed by atoms with Crippen molar-refractivity contribution >= 4 is 17.3 Å². The van der Waals surface area contributed by atoms with E-state index in [0.29, 0.717) is 5.69 Å². The minimum atomic E-state index is -0.523. The number of hydrogen-bond acceptors (Lipinski definition) is 6. The molecule has 1 aromatic rings. The van der Waals surface area contributed by atoms with Gasteiger partial charge in [-0.05, 0) is 13.1 Å². The fourth-order valence-electron chi connectivity index (χ4n) is 2.50. The summed E-state index contributed by atoms with van der Waals surface area (Å²) in [5, 5.41) is 13.8. The van der Waals surface area contributed by atoms with Crippen molar-refractivity contribution in [3.05, 3.63) is 27.8 Å². The van der Waals surface area contributed by atoms with Gasteiger partial charge in [-0.3, -0.25) is 14.9 Å². The standard InChI is InChI=1S/C14H20N4O4/c1-15-14(19)11-8-10(17-6-4-16(2)5-7-17)9-12(18(20)21)13(11)22-3/h8-9H,4-7H2,1-3H3,(H,15,19). The van der Waals surface area contributed by atoms with Crippen LogP contribution in [0.25, 0.3) is 0 Å². The molecule has 1 aromatic carbocycles. The smallest absolute Gasteiger partial charge is 0.313 e.